The fourth-order valence-corrected chi connectivity index (χ4v) is 1.45. The predicted molar refractivity (Wildman–Crippen MR) is 65.6 cm³/mol. The molecule has 0 aliphatic heterocycles. The predicted octanol–water partition coefficient (Wildman–Crippen LogP) is 1.92. The zero-order valence-electron chi connectivity index (χ0n) is 8.80. The van der Waals surface area contributed by atoms with Crippen LogP contribution in [0.2, 0.25) is 0 Å². The lowest BCUT2D eigenvalue weighted by atomic mass is 10.2. The van der Waals surface area contributed by atoms with Gasteiger partial charge >= 0.3 is 0 Å². The van der Waals surface area contributed by atoms with Crippen molar-refractivity contribution in [1.82, 2.24) is 15.1 Å². The summed E-state index contributed by atoms with van der Waals surface area (Å²) in [5.41, 5.74) is 6.38. The summed E-state index contributed by atoms with van der Waals surface area (Å²) in [6, 6.07) is 3.20. The number of pyridine rings is 1. The van der Waals surface area contributed by atoms with Crippen LogP contribution in [0.1, 0.15) is 18.4 Å². The van der Waals surface area contributed by atoms with Crippen LogP contribution in [0.15, 0.2) is 27.3 Å². The molecule has 86 valence electrons. The number of nitrogens with zero attached hydrogens (tertiary/aromatic N) is 3. The van der Waals surface area contributed by atoms with Crippen LogP contribution in [0.25, 0.3) is 11.5 Å². The molecule has 17 heavy (non-hydrogen) atoms. The van der Waals surface area contributed by atoms with E-state index in [4.69, 9.17) is 16.7 Å². The third kappa shape index (κ3) is 2.70. The molecule has 2 N–H and O–H groups in total. The quantitative estimate of drug-likeness (QED) is 0.875. The Morgan fingerprint density at radius 3 is 3.00 bits per heavy atom. The summed E-state index contributed by atoms with van der Waals surface area (Å²) in [5.74, 6) is 3.17. The number of aromatic nitrogens is 3. The van der Waals surface area contributed by atoms with Crippen molar-refractivity contribution in [1.29, 1.82) is 0 Å². The van der Waals surface area contributed by atoms with Crippen LogP contribution < -0.4 is 5.73 Å². The molecule has 0 radical (unpaired) electrons. The van der Waals surface area contributed by atoms with E-state index in [1.165, 1.54) is 0 Å². The summed E-state index contributed by atoms with van der Waals surface area (Å²) >= 11 is 3.30. The van der Waals surface area contributed by atoms with Gasteiger partial charge in [0.15, 0.2) is 0 Å². The van der Waals surface area contributed by atoms with Crippen molar-refractivity contribution in [3.63, 3.8) is 0 Å². The standard InChI is InChI=1S/C11H9BrN4O/c1-2-3-8(13)11-15-10(16-17-11)9-5-4-7(12)6-14-9/h1,4-6,8H,3,13H2. The molecular weight excluding hydrogens is 284 g/mol. The average Bonchev–Trinajstić information content (AvgIpc) is 2.80. The highest BCUT2D eigenvalue weighted by Crippen LogP contribution is 2.18. The van der Waals surface area contributed by atoms with E-state index in [1.54, 1.807) is 12.3 Å². The second-order valence-corrected chi connectivity index (χ2v) is 4.25. The topological polar surface area (TPSA) is 77.8 Å². The number of hydrogen-bond donors (Lipinski definition) is 1. The van der Waals surface area contributed by atoms with Crippen LogP contribution in [0.4, 0.5) is 0 Å². The Balaban J connectivity index is 2.24. The Morgan fingerprint density at radius 1 is 1.53 bits per heavy atom. The first kappa shape index (κ1) is 11.8. The average molecular weight is 293 g/mol. The van der Waals surface area contributed by atoms with E-state index in [0.717, 1.165) is 4.47 Å². The molecule has 0 aliphatic rings. The van der Waals surface area contributed by atoms with Gasteiger partial charge in [0.25, 0.3) is 0 Å². The second kappa shape index (κ2) is 5.08. The van der Waals surface area contributed by atoms with Gasteiger partial charge in [-0.1, -0.05) is 5.16 Å². The Kier molecular flexibility index (Phi) is 3.52. The van der Waals surface area contributed by atoms with E-state index < -0.39 is 6.04 Å². The summed E-state index contributed by atoms with van der Waals surface area (Å²) in [6.45, 7) is 0. The molecule has 0 fully saturated rings. The first-order valence-electron chi connectivity index (χ1n) is 4.85. The number of halogens is 1. The molecule has 2 aromatic heterocycles. The molecule has 0 saturated heterocycles. The van der Waals surface area contributed by atoms with Crippen molar-refractivity contribution in [3.8, 4) is 23.9 Å². The largest absolute Gasteiger partial charge is 0.337 e. The minimum absolute atomic E-state index is 0.322. The molecular formula is C11H9BrN4O. The van der Waals surface area contributed by atoms with Crippen LogP contribution in [0.5, 0.6) is 0 Å². The van der Waals surface area contributed by atoms with Crippen LogP contribution in [0, 0.1) is 12.3 Å². The molecule has 0 aliphatic carbocycles. The monoisotopic (exact) mass is 292 g/mol. The van der Waals surface area contributed by atoms with Crippen molar-refractivity contribution in [2.45, 2.75) is 12.5 Å². The van der Waals surface area contributed by atoms with E-state index in [-0.39, 0.29) is 0 Å². The molecule has 0 saturated carbocycles. The first-order valence-corrected chi connectivity index (χ1v) is 5.64. The van der Waals surface area contributed by atoms with Gasteiger partial charge in [-0.15, -0.1) is 12.3 Å². The normalized spacial score (nSPS) is 12.1. The molecule has 0 aromatic carbocycles. The zero-order valence-corrected chi connectivity index (χ0v) is 10.4. The van der Waals surface area contributed by atoms with Crippen molar-refractivity contribution >= 4 is 15.9 Å². The van der Waals surface area contributed by atoms with Crippen molar-refractivity contribution in [2.24, 2.45) is 5.73 Å². The van der Waals surface area contributed by atoms with Crippen molar-refractivity contribution < 1.29 is 4.52 Å². The van der Waals surface area contributed by atoms with Gasteiger partial charge in [-0.2, -0.15) is 4.98 Å². The molecule has 0 amide bonds. The lowest BCUT2D eigenvalue weighted by Gasteiger charge is -1.98. The molecule has 2 rings (SSSR count). The minimum atomic E-state index is -0.434. The maximum absolute atomic E-state index is 5.75. The molecule has 2 aromatic rings. The van der Waals surface area contributed by atoms with Gasteiger partial charge in [0, 0.05) is 17.1 Å². The Hall–Kier alpha value is -1.71. The maximum Gasteiger partial charge on any atom is 0.244 e. The molecule has 0 bridgehead atoms. The third-order valence-electron chi connectivity index (χ3n) is 2.05. The Morgan fingerprint density at radius 2 is 2.35 bits per heavy atom. The van der Waals surface area contributed by atoms with Gasteiger partial charge in [-0.05, 0) is 28.1 Å². The van der Waals surface area contributed by atoms with Crippen LogP contribution in [-0.4, -0.2) is 15.1 Å². The number of nitrogens with two attached hydrogens (primary N) is 1. The molecule has 1 unspecified atom stereocenters. The fraction of sp³-hybridized carbons (Fsp3) is 0.182. The van der Waals surface area contributed by atoms with E-state index in [2.05, 4.69) is 37.0 Å². The smallest absolute Gasteiger partial charge is 0.244 e. The van der Waals surface area contributed by atoms with Gasteiger partial charge in [0.05, 0.1) is 6.04 Å². The SMILES string of the molecule is C#CCC(N)c1nc(-c2ccc(Br)cn2)no1. The molecule has 0 spiro atoms. The summed E-state index contributed by atoms with van der Waals surface area (Å²) < 4.78 is 5.91. The van der Waals surface area contributed by atoms with Gasteiger partial charge in [0.2, 0.25) is 11.7 Å². The highest BCUT2D eigenvalue weighted by molar-refractivity contribution is 9.10. The van der Waals surface area contributed by atoms with E-state index >= 15 is 0 Å². The Bertz CT molecular complexity index is 543. The van der Waals surface area contributed by atoms with E-state index in [0.29, 0.717) is 23.8 Å². The highest BCUT2D eigenvalue weighted by Gasteiger charge is 2.15. The van der Waals surface area contributed by atoms with Crippen molar-refractivity contribution in [3.05, 3.63) is 28.7 Å². The van der Waals surface area contributed by atoms with Crippen LogP contribution in [-0.2, 0) is 0 Å². The number of rotatable bonds is 3. The maximum atomic E-state index is 5.75. The van der Waals surface area contributed by atoms with Gasteiger partial charge in [-0.25, -0.2) is 0 Å². The van der Waals surface area contributed by atoms with Crippen LogP contribution in [0.3, 0.4) is 0 Å². The lowest BCUT2D eigenvalue weighted by molar-refractivity contribution is 0.356. The van der Waals surface area contributed by atoms with Gasteiger partial charge < -0.3 is 10.3 Å². The van der Waals surface area contributed by atoms with E-state index in [9.17, 15) is 0 Å². The number of hydrogen-bond acceptors (Lipinski definition) is 5. The number of terminal acetylenes is 1. The summed E-state index contributed by atoms with van der Waals surface area (Å²) in [6.07, 6.45) is 7.18. The van der Waals surface area contributed by atoms with Crippen molar-refractivity contribution in [2.75, 3.05) is 0 Å². The Labute approximate surface area is 107 Å². The molecule has 1 atom stereocenters. The second-order valence-electron chi connectivity index (χ2n) is 3.33. The summed E-state index contributed by atoms with van der Waals surface area (Å²) in [5, 5.41) is 3.81. The first-order chi connectivity index (χ1) is 8.20. The zero-order chi connectivity index (χ0) is 12.3. The minimum Gasteiger partial charge on any atom is -0.337 e. The van der Waals surface area contributed by atoms with E-state index in [1.807, 2.05) is 6.07 Å². The fourth-order valence-electron chi connectivity index (χ4n) is 1.21. The molecule has 5 nitrogen and oxygen atoms in total. The van der Waals surface area contributed by atoms with Gasteiger partial charge in [-0.3, -0.25) is 4.98 Å². The highest BCUT2D eigenvalue weighted by atomic mass is 79.9. The summed E-state index contributed by atoms with van der Waals surface area (Å²) in [4.78, 5) is 8.31. The van der Waals surface area contributed by atoms with Crippen LogP contribution >= 0.6 is 15.9 Å². The molecule has 6 heteroatoms. The van der Waals surface area contributed by atoms with Gasteiger partial charge in [0.1, 0.15) is 5.69 Å². The summed E-state index contributed by atoms with van der Waals surface area (Å²) in [7, 11) is 0. The molecule has 2 heterocycles. The third-order valence-corrected chi connectivity index (χ3v) is 2.52. The lowest BCUT2D eigenvalue weighted by Crippen LogP contribution is -2.09.